The summed E-state index contributed by atoms with van der Waals surface area (Å²) in [4.78, 5) is 26.1. The van der Waals surface area contributed by atoms with Gasteiger partial charge >= 0.3 is 5.97 Å². The first-order valence-electron chi connectivity index (χ1n) is 10.1. The van der Waals surface area contributed by atoms with Crippen LogP contribution in [0.5, 0.6) is 0 Å². The Morgan fingerprint density at radius 2 is 2.10 bits per heavy atom. The number of amides is 1. The van der Waals surface area contributed by atoms with Crippen molar-refractivity contribution in [1.82, 2.24) is 4.90 Å². The van der Waals surface area contributed by atoms with Crippen LogP contribution in [0.25, 0.3) is 0 Å². The Labute approximate surface area is 185 Å². The fraction of sp³-hybridized carbons (Fsp3) is 0.545. The van der Waals surface area contributed by atoms with Crippen molar-refractivity contribution in [3.63, 3.8) is 0 Å². The second-order valence-electron chi connectivity index (χ2n) is 7.42. The zero-order valence-electron chi connectivity index (χ0n) is 16.8. The number of hydrogen-bond acceptors (Lipinski definition) is 5. The molecule has 29 heavy (non-hydrogen) atoms. The Morgan fingerprint density at radius 3 is 2.83 bits per heavy atom. The molecule has 0 aliphatic carbocycles. The first-order valence-corrected chi connectivity index (χ1v) is 11.2. The minimum absolute atomic E-state index is 0.218. The summed E-state index contributed by atoms with van der Waals surface area (Å²) in [6.07, 6.45) is 7.95. The van der Waals surface area contributed by atoms with Crippen molar-refractivity contribution in [2.75, 3.05) is 20.3 Å². The number of likely N-dealkylation sites (tertiary alicyclic amines) is 1. The molecule has 158 valence electrons. The number of esters is 1. The molecule has 3 rings (SSSR count). The van der Waals surface area contributed by atoms with Crippen LogP contribution in [0.4, 0.5) is 0 Å². The van der Waals surface area contributed by atoms with Gasteiger partial charge in [0.15, 0.2) is 5.79 Å². The van der Waals surface area contributed by atoms with Crippen LogP contribution in [0.15, 0.2) is 36.4 Å². The normalized spacial score (nSPS) is 21.7. The fourth-order valence-electron chi connectivity index (χ4n) is 3.96. The van der Waals surface area contributed by atoms with Gasteiger partial charge in [-0.15, -0.1) is 0 Å². The molecule has 2 heterocycles. The molecule has 1 aromatic rings. The van der Waals surface area contributed by atoms with E-state index in [1.54, 1.807) is 6.08 Å². The van der Waals surface area contributed by atoms with Crippen LogP contribution in [0.1, 0.15) is 44.1 Å². The van der Waals surface area contributed by atoms with Crippen molar-refractivity contribution in [3.8, 4) is 0 Å². The van der Waals surface area contributed by atoms with E-state index >= 15 is 0 Å². The fourth-order valence-corrected chi connectivity index (χ4v) is 4.52. The third kappa shape index (κ3) is 6.02. The summed E-state index contributed by atoms with van der Waals surface area (Å²) in [5, 5.41) is 0. The molecule has 2 saturated heterocycles. The van der Waals surface area contributed by atoms with Crippen LogP contribution in [-0.4, -0.2) is 48.9 Å². The predicted molar refractivity (Wildman–Crippen MR) is 117 cm³/mol. The highest BCUT2D eigenvalue weighted by Gasteiger charge is 2.35. The molecule has 0 bridgehead atoms. The summed E-state index contributed by atoms with van der Waals surface area (Å²) >= 11 is 2.33. The topological polar surface area (TPSA) is 65.1 Å². The van der Waals surface area contributed by atoms with E-state index in [2.05, 4.69) is 39.5 Å². The van der Waals surface area contributed by atoms with Gasteiger partial charge in [-0.1, -0.05) is 18.2 Å². The Hall–Kier alpha value is -1.45. The molecule has 1 amide bonds. The Balaban J connectivity index is 1.61. The number of halogens is 1. The van der Waals surface area contributed by atoms with Crippen molar-refractivity contribution < 1.29 is 23.8 Å². The largest absolute Gasteiger partial charge is 0.466 e. The van der Waals surface area contributed by atoms with E-state index < -0.39 is 11.8 Å². The number of nitrogens with zero attached hydrogens (tertiary/aromatic N) is 1. The summed E-state index contributed by atoms with van der Waals surface area (Å²) in [6.45, 7) is 1.67. The number of carbonyl (C=O) groups is 2. The molecule has 7 heteroatoms. The standard InChI is InChI=1S/C22H28INO5/c1-27-21(26)11-13-22(28-14-15-29-22)12-5-8-18-7-4-10-20(25)24(18)16-17-6-2-3-9-19(17)23/h2-3,6,9,11,13,18H,4-5,7-8,10,12,14-16H2,1H3/b13-11+/t18-/m1/s1. The number of piperidine rings is 1. The molecule has 0 radical (unpaired) electrons. The van der Waals surface area contributed by atoms with Crippen LogP contribution in [0.2, 0.25) is 0 Å². The lowest BCUT2D eigenvalue weighted by Crippen LogP contribution is -2.43. The quantitative estimate of drug-likeness (QED) is 0.301. The minimum atomic E-state index is -0.869. The lowest BCUT2D eigenvalue weighted by Gasteiger charge is -2.36. The van der Waals surface area contributed by atoms with Gasteiger partial charge in [0.25, 0.3) is 0 Å². The van der Waals surface area contributed by atoms with Gasteiger partial charge in [0.05, 0.1) is 20.3 Å². The zero-order chi connectivity index (χ0) is 20.7. The SMILES string of the molecule is COC(=O)/C=C/C1(CCC[C@H]2CCCC(=O)N2Cc2ccccc2I)OCCO1. The molecule has 0 unspecified atom stereocenters. The maximum atomic E-state index is 12.6. The van der Waals surface area contributed by atoms with E-state index in [0.29, 0.717) is 32.6 Å². The van der Waals surface area contributed by atoms with Crippen LogP contribution in [-0.2, 0) is 30.3 Å². The van der Waals surface area contributed by atoms with E-state index in [1.165, 1.54) is 22.3 Å². The highest BCUT2D eigenvalue weighted by atomic mass is 127. The lowest BCUT2D eigenvalue weighted by atomic mass is 9.94. The zero-order valence-corrected chi connectivity index (χ0v) is 18.9. The number of benzene rings is 1. The van der Waals surface area contributed by atoms with Crippen LogP contribution < -0.4 is 0 Å². The lowest BCUT2D eigenvalue weighted by molar-refractivity contribution is -0.139. The molecule has 0 saturated carbocycles. The first-order chi connectivity index (χ1) is 14.0. The third-order valence-corrected chi connectivity index (χ3v) is 6.55. The smallest absolute Gasteiger partial charge is 0.330 e. The van der Waals surface area contributed by atoms with Gasteiger partial charge in [-0.25, -0.2) is 4.79 Å². The minimum Gasteiger partial charge on any atom is -0.466 e. The summed E-state index contributed by atoms with van der Waals surface area (Å²) < 4.78 is 17.4. The van der Waals surface area contributed by atoms with Gasteiger partial charge in [0, 0.05) is 35.1 Å². The molecular formula is C22H28INO5. The van der Waals surface area contributed by atoms with Gasteiger partial charge in [-0.3, -0.25) is 4.79 Å². The van der Waals surface area contributed by atoms with Crippen molar-refractivity contribution in [3.05, 3.63) is 45.6 Å². The number of methoxy groups -OCH3 is 1. The highest BCUT2D eigenvalue weighted by molar-refractivity contribution is 14.1. The first kappa shape index (κ1) is 22.2. The third-order valence-electron chi connectivity index (χ3n) is 5.50. The molecule has 0 spiro atoms. The van der Waals surface area contributed by atoms with E-state index in [4.69, 9.17) is 9.47 Å². The highest BCUT2D eigenvalue weighted by Crippen LogP contribution is 2.31. The Kier molecular flexibility index (Phi) is 8.08. The average molecular weight is 513 g/mol. The van der Waals surface area contributed by atoms with Crippen LogP contribution >= 0.6 is 22.6 Å². The predicted octanol–water partition coefficient (Wildman–Crippen LogP) is 3.81. The number of carbonyl (C=O) groups excluding carboxylic acids is 2. The second kappa shape index (κ2) is 10.5. The molecule has 0 N–H and O–H groups in total. The summed E-state index contributed by atoms with van der Waals surface area (Å²) in [5.74, 6) is -1.06. The van der Waals surface area contributed by atoms with E-state index in [-0.39, 0.29) is 11.9 Å². The molecule has 1 aromatic carbocycles. The van der Waals surface area contributed by atoms with Crippen molar-refractivity contribution in [1.29, 1.82) is 0 Å². The Morgan fingerprint density at radius 1 is 1.34 bits per heavy atom. The van der Waals surface area contributed by atoms with Crippen molar-refractivity contribution in [2.24, 2.45) is 0 Å². The Bertz CT molecular complexity index is 744. The van der Waals surface area contributed by atoms with E-state index in [1.807, 2.05) is 17.0 Å². The van der Waals surface area contributed by atoms with Gasteiger partial charge in [0.1, 0.15) is 0 Å². The number of ether oxygens (including phenoxy) is 3. The average Bonchev–Trinajstić information content (AvgIpc) is 3.19. The van der Waals surface area contributed by atoms with Crippen molar-refractivity contribution in [2.45, 2.75) is 56.9 Å². The molecule has 2 aliphatic rings. The van der Waals surface area contributed by atoms with E-state index in [9.17, 15) is 9.59 Å². The summed E-state index contributed by atoms with van der Waals surface area (Å²) in [6, 6.07) is 8.42. The van der Waals surface area contributed by atoms with Crippen molar-refractivity contribution >= 4 is 34.5 Å². The van der Waals surface area contributed by atoms with Gasteiger partial charge in [0.2, 0.25) is 5.91 Å². The maximum Gasteiger partial charge on any atom is 0.330 e. The molecule has 2 aliphatic heterocycles. The number of hydrogen-bond donors (Lipinski definition) is 0. The number of rotatable bonds is 8. The van der Waals surface area contributed by atoms with Gasteiger partial charge in [-0.05, 0) is 66.0 Å². The van der Waals surface area contributed by atoms with Crippen LogP contribution in [0.3, 0.4) is 0 Å². The summed E-state index contributed by atoms with van der Waals surface area (Å²) in [7, 11) is 1.35. The summed E-state index contributed by atoms with van der Waals surface area (Å²) in [5.41, 5.74) is 1.19. The monoisotopic (exact) mass is 513 g/mol. The second-order valence-corrected chi connectivity index (χ2v) is 8.58. The van der Waals surface area contributed by atoms with Gasteiger partial charge < -0.3 is 19.1 Å². The molecular weight excluding hydrogens is 485 g/mol. The molecule has 6 nitrogen and oxygen atoms in total. The van der Waals surface area contributed by atoms with Crippen LogP contribution in [0, 0.1) is 3.57 Å². The molecule has 2 fully saturated rings. The molecule has 0 aromatic heterocycles. The molecule has 1 atom stereocenters. The van der Waals surface area contributed by atoms with E-state index in [0.717, 1.165) is 25.7 Å². The maximum absolute atomic E-state index is 12.6. The van der Waals surface area contributed by atoms with Gasteiger partial charge in [-0.2, -0.15) is 0 Å².